The molecule has 0 aliphatic heterocycles. The van der Waals surface area contributed by atoms with E-state index in [2.05, 4.69) is 10.2 Å². The number of halogens is 1. The van der Waals surface area contributed by atoms with E-state index in [0.29, 0.717) is 6.42 Å². The Morgan fingerprint density at radius 1 is 1.62 bits per heavy atom. The Bertz CT molecular complexity index is 199. The molecule has 4 nitrogen and oxygen atoms in total. The highest BCUT2D eigenvalue weighted by molar-refractivity contribution is 6.23. The predicted molar refractivity (Wildman–Crippen MR) is 51.1 cm³/mol. The maximum absolute atomic E-state index is 10.2. The number of rotatable bonds is 5. The lowest BCUT2D eigenvalue weighted by atomic mass is 10.2. The summed E-state index contributed by atoms with van der Waals surface area (Å²) in [7, 11) is 0. The number of hydrogen-bond donors (Lipinski definition) is 1. The Balaban J connectivity index is 3.80. The van der Waals surface area contributed by atoms with Crippen molar-refractivity contribution in [2.75, 3.05) is 0 Å². The molecular weight excluding hydrogens is 192 g/mol. The summed E-state index contributed by atoms with van der Waals surface area (Å²) in [4.78, 5) is 9.51. The number of azo groups is 1. The summed E-state index contributed by atoms with van der Waals surface area (Å²) < 4.78 is 0. The summed E-state index contributed by atoms with van der Waals surface area (Å²) in [5.41, 5.74) is 0. The lowest BCUT2D eigenvalue weighted by Gasteiger charge is -2.08. The van der Waals surface area contributed by atoms with Crippen molar-refractivity contribution in [1.82, 2.24) is 0 Å². The summed E-state index contributed by atoms with van der Waals surface area (Å²) in [6.07, 6.45) is 0.606. The minimum Gasteiger partial charge on any atom is -0.481 e. The molecule has 0 aromatic heterocycles. The van der Waals surface area contributed by atoms with Crippen LogP contribution >= 0.6 is 11.6 Å². The maximum Gasteiger partial charge on any atom is 0.303 e. The zero-order valence-electron chi connectivity index (χ0n) is 8.12. The molecule has 0 aromatic rings. The maximum atomic E-state index is 10.2. The highest BCUT2D eigenvalue weighted by Gasteiger charge is 2.11. The first-order chi connectivity index (χ1) is 5.81. The molecule has 1 unspecified atom stereocenters. The summed E-state index contributed by atoms with van der Waals surface area (Å²) in [5, 5.41) is 16.1. The molecular formula is C8H15ClN2O2. The van der Waals surface area contributed by atoms with Crippen molar-refractivity contribution in [3.05, 3.63) is 0 Å². The number of hydrogen-bond acceptors (Lipinski definition) is 3. The molecule has 0 saturated carbocycles. The van der Waals surface area contributed by atoms with Gasteiger partial charge >= 0.3 is 5.97 Å². The number of carboxylic acid groups (broad SMARTS) is 1. The second-order valence-electron chi connectivity index (χ2n) is 3.41. The molecule has 0 rings (SSSR count). The molecule has 0 aliphatic rings. The van der Waals surface area contributed by atoms with E-state index in [1.165, 1.54) is 0 Å². The lowest BCUT2D eigenvalue weighted by Crippen LogP contribution is -2.07. The van der Waals surface area contributed by atoms with E-state index in [-0.39, 0.29) is 12.5 Å². The SMILES string of the molecule is CC(CCC(=O)O)N=NC(C)(C)Cl. The summed E-state index contributed by atoms with van der Waals surface area (Å²) >= 11 is 5.76. The van der Waals surface area contributed by atoms with Crippen LogP contribution in [0.1, 0.15) is 33.6 Å². The van der Waals surface area contributed by atoms with Crippen LogP contribution in [-0.4, -0.2) is 22.1 Å². The third kappa shape index (κ3) is 9.27. The van der Waals surface area contributed by atoms with Gasteiger partial charge in [0.05, 0.1) is 6.04 Å². The van der Waals surface area contributed by atoms with Gasteiger partial charge in [0, 0.05) is 6.42 Å². The Labute approximate surface area is 83.0 Å². The van der Waals surface area contributed by atoms with Crippen LogP contribution in [0.2, 0.25) is 0 Å². The second kappa shape index (κ2) is 5.17. The van der Waals surface area contributed by atoms with E-state index in [0.717, 1.165) is 0 Å². The van der Waals surface area contributed by atoms with Crippen LogP contribution in [0.25, 0.3) is 0 Å². The number of carboxylic acids is 1. The van der Waals surface area contributed by atoms with Gasteiger partial charge in [-0.15, -0.1) is 0 Å². The second-order valence-corrected chi connectivity index (χ2v) is 4.33. The van der Waals surface area contributed by atoms with Crippen LogP contribution in [0.4, 0.5) is 0 Å². The third-order valence-corrected chi connectivity index (χ3v) is 1.34. The Morgan fingerprint density at radius 3 is 2.54 bits per heavy atom. The van der Waals surface area contributed by atoms with Crippen molar-refractivity contribution in [1.29, 1.82) is 0 Å². The average molecular weight is 207 g/mol. The van der Waals surface area contributed by atoms with Gasteiger partial charge in [0.25, 0.3) is 0 Å². The fourth-order valence-electron chi connectivity index (χ4n) is 0.626. The molecule has 0 saturated heterocycles. The van der Waals surface area contributed by atoms with Crippen LogP contribution < -0.4 is 0 Å². The molecule has 0 fully saturated rings. The molecule has 5 heteroatoms. The molecule has 0 aliphatic carbocycles. The smallest absolute Gasteiger partial charge is 0.303 e. The molecule has 0 aromatic carbocycles. The van der Waals surface area contributed by atoms with E-state index in [9.17, 15) is 4.79 Å². The van der Waals surface area contributed by atoms with E-state index >= 15 is 0 Å². The van der Waals surface area contributed by atoms with Crippen molar-refractivity contribution >= 4 is 17.6 Å². The molecule has 13 heavy (non-hydrogen) atoms. The van der Waals surface area contributed by atoms with E-state index < -0.39 is 11.0 Å². The molecule has 0 bridgehead atoms. The molecule has 0 heterocycles. The quantitative estimate of drug-likeness (QED) is 0.427. The highest BCUT2D eigenvalue weighted by atomic mass is 35.5. The molecule has 1 atom stereocenters. The third-order valence-electron chi connectivity index (χ3n) is 1.27. The van der Waals surface area contributed by atoms with Crippen molar-refractivity contribution < 1.29 is 9.90 Å². The molecule has 0 radical (unpaired) electrons. The predicted octanol–water partition coefficient (Wildman–Crippen LogP) is 2.67. The van der Waals surface area contributed by atoms with Crippen LogP contribution in [0, 0.1) is 0 Å². The van der Waals surface area contributed by atoms with E-state index in [1.807, 2.05) is 6.92 Å². The number of aliphatic carboxylic acids is 1. The first kappa shape index (κ1) is 12.4. The van der Waals surface area contributed by atoms with Crippen LogP contribution in [0.15, 0.2) is 10.2 Å². The van der Waals surface area contributed by atoms with E-state index in [4.69, 9.17) is 16.7 Å². The Kier molecular flexibility index (Phi) is 4.91. The monoisotopic (exact) mass is 206 g/mol. The fraction of sp³-hybridized carbons (Fsp3) is 0.875. The van der Waals surface area contributed by atoms with Gasteiger partial charge in [-0.2, -0.15) is 10.2 Å². The van der Waals surface area contributed by atoms with Crippen molar-refractivity contribution in [2.45, 2.75) is 44.7 Å². The molecule has 1 N–H and O–H groups in total. The molecule has 0 spiro atoms. The topological polar surface area (TPSA) is 62.0 Å². The first-order valence-corrected chi connectivity index (χ1v) is 4.52. The minimum absolute atomic E-state index is 0.0888. The molecule has 76 valence electrons. The minimum atomic E-state index is -0.813. The number of nitrogens with zero attached hydrogens (tertiary/aromatic N) is 2. The largest absolute Gasteiger partial charge is 0.481 e. The van der Waals surface area contributed by atoms with Gasteiger partial charge in [0.1, 0.15) is 5.00 Å². The summed E-state index contributed by atoms with van der Waals surface area (Å²) in [6.45, 7) is 5.26. The van der Waals surface area contributed by atoms with Gasteiger partial charge in [-0.25, -0.2) is 0 Å². The standard InChI is InChI=1S/C8H15ClN2O2/c1-6(4-5-7(12)13)10-11-8(2,3)9/h6H,4-5H2,1-3H3,(H,12,13). The van der Waals surface area contributed by atoms with Crippen LogP contribution in [-0.2, 0) is 4.79 Å². The average Bonchev–Trinajstić information content (AvgIpc) is 1.95. The van der Waals surface area contributed by atoms with Gasteiger partial charge in [0.2, 0.25) is 0 Å². The van der Waals surface area contributed by atoms with Gasteiger partial charge in [0.15, 0.2) is 0 Å². The van der Waals surface area contributed by atoms with Crippen molar-refractivity contribution in [3.63, 3.8) is 0 Å². The van der Waals surface area contributed by atoms with Gasteiger partial charge < -0.3 is 5.11 Å². The summed E-state index contributed by atoms with van der Waals surface area (Å²) in [6, 6.07) is -0.0888. The van der Waals surface area contributed by atoms with Crippen molar-refractivity contribution in [2.24, 2.45) is 10.2 Å². The molecule has 0 amide bonds. The lowest BCUT2D eigenvalue weighted by molar-refractivity contribution is -0.137. The van der Waals surface area contributed by atoms with Crippen LogP contribution in [0.5, 0.6) is 0 Å². The number of alkyl halides is 1. The van der Waals surface area contributed by atoms with E-state index in [1.54, 1.807) is 13.8 Å². The Morgan fingerprint density at radius 2 is 2.15 bits per heavy atom. The Hall–Kier alpha value is -0.640. The zero-order chi connectivity index (χ0) is 10.5. The normalized spacial score (nSPS) is 14.8. The highest BCUT2D eigenvalue weighted by Crippen LogP contribution is 2.15. The van der Waals surface area contributed by atoms with Gasteiger partial charge in [-0.3, -0.25) is 4.79 Å². The fourth-order valence-corrected chi connectivity index (χ4v) is 0.670. The first-order valence-electron chi connectivity index (χ1n) is 4.14. The van der Waals surface area contributed by atoms with Crippen molar-refractivity contribution in [3.8, 4) is 0 Å². The summed E-state index contributed by atoms with van der Waals surface area (Å²) in [5.74, 6) is -0.813. The van der Waals surface area contributed by atoms with Crippen LogP contribution in [0.3, 0.4) is 0 Å². The number of carbonyl (C=O) groups is 1. The van der Waals surface area contributed by atoms with Gasteiger partial charge in [-0.1, -0.05) is 11.6 Å². The van der Waals surface area contributed by atoms with Gasteiger partial charge in [-0.05, 0) is 27.2 Å². The zero-order valence-corrected chi connectivity index (χ0v) is 8.88.